The summed E-state index contributed by atoms with van der Waals surface area (Å²) in [5.41, 5.74) is 7.59. The maximum atomic E-state index is 14.8. The number of rotatable bonds is 10. The van der Waals surface area contributed by atoms with Crippen molar-refractivity contribution in [2.75, 3.05) is 19.6 Å². The van der Waals surface area contributed by atoms with Crippen LogP contribution in [0.1, 0.15) is 69.3 Å². The number of nitrogens with one attached hydrogen (secondary N) is 2. The predicted molar refractivity (Wildman–Crippen MR) is 165 cm³/mol. The van der Waals surface area contributed by atoms with Gasteiger partial charge in [-0.2, -0.15) is 4.31 Å². The molecule has 5 rings (SSSR count). The molecule has 43 heavy (non-hydrogen) atoms. The average Bonchev–Trinajstić information content (AvgIpc) is 3.30. The number of piperazine rings is 1. The van der Waals surface area contributed by atoms with Gasteiger partial charge in [-0.05, 0) is 67.3 Å². The molecule has 0 spiro atoms. The maximum Gasteiger partial charge on any atom is 0.250 e. The monoisotopic (exact) mass is 636 g/mol. The van der Waals surface area contributed by atoms with Crippen molar-refractivity contribution >= 4 is 27.5 Å². The molecule has 3 fully saturated rings. The average molecular weight is 637 g/mol. The van der Waals surface area contributed by atoms with E-state index >= 15 is 0 Å². The first-order valence-corrected chi connectivity index (χ1v) is 17.3. The van der Waals surface area contributed by atoms with Gasteiger partial charge in [0.15, 0.2) is 0 Å². The summed E-state index contributed by atoms with van der Waals surface area (Å²) < 4.78 is 57.9. The second-order valence-electron chi connectivity index (χ2n) is 12.5. The van der Waals surface area contributed by atoms with E-state index in [4.69, 9.17) is 17.3 Å². The van der Waals surface area contributed by atoms with Crippen molar-refractivity contribution in [3.05, 3.63) is 65.2 Å². The number of carbonyl (C=O) groups is 1. The highest BCUT2D eigenvalue weighted by atomic mass is 35.5. The third-order valence-electron chi connectivity index (χ3n) is 9.59. The number of benzene rings is 2. The van der Waals surface area contributed by atoms with Crippen LogP contribution in [0.5, 0.6) is 0 Å². The minimum Gasteiger partial charge on any atom is -0.351 e. The zero-order valence-electron chi connectivity index (χ0n) is 24.4. The summed E-state index contributed by atoms with van der Waals surface area (Å²) in [5.74, 6) is -3.81. The summed E-state index contributed by atoms with van der Waals surface area (Å²) in [5, 5.41) is 6.78. The smallest absolute Gasteiger partial charge is 0.250 e. The van der Waals surface area contributed by atoms with Crippen LogP contribution in [0.25, 0.3) is 0 Å². The number of hydrogen-bond acceptors (Lipinski definition) is 5. The second-order valence-corrected chi connectivity index (χ2v) is 14.8. The minimum absolute atomic E-state index is 0.224. The molecule has 2 unspecified atom stereocenters. The first-order chi connectivity index (χ1) is 20.5. The molecule has 0 aromatic heterocycles. The molecule has 236 valence electrons. The number of carbonyl (C=O) groups excluding carboxylic acids is 1. The molecule has 1 amide bonds. The van der Waals surface area contributed by atoms with Gasteiger partial charge in [-0.3, -0.25) is 4.79 Å². The summed E-state index contributed by atoms with van der Waals surface area (Å²) in [6.07, 6.45) is 5.24. The molecule has 11 heteroatoms. The number of hydrogen-bond donors (Lipinski definition) is 3. The molecule has 1 aliphatic heterocycles. The largest absolute Gasteiger partial charge is 0.351 e. The Balaban J connectivity index is 1.28. The fraction of sp³-hybridized carbons (Fsp3) is 0.594. The van der Waals surface area contributed by atoms with Crippen LogP contribution in [0.15, 0.2) is 59.5 Å². The van der Waals surface area contributed by atoms with Gasteiger partial charge < -0.3 is 16.4 Å². The molecule has 5 atom stereocenters. The van der Waals surface area contributed by atoms with Gasteiger partial charge in [0.05, 0.1) is 10.9 Å². The topological polar surface area (TPSA) is 105 Å². The Kier molecular flexibility index (Phi) is 10.4. The van der Waals surface area contributed by atoms with Crippen LogP contribution in [0.4, 0.5) is 8.78 Å². The van der Waals surface area contributed by atoms with Crippen LogP contribution in [-0.2, 0) is 14.8 Å². The fourth-order valence-corrected chi connectivity index (χ4v) is 9.20. The normalized spacial score (nSPS) is 26.6. The second kappa shape index (κ2) is 13.9. The van der Waals surface area contributed by atoms with Gasteiger partial charge in [0.25, 0.3) is 5.92 Å². The molecule has 2 aromatic rings. The maximum absolute atomic E-state index is 14.8. The molecule has 2 saturated carbocycles. The molecule has 4 N–H and O–H groups in total. The van der Waals surface area contributed by atoms with Crippen LogP contribution in [-0.4, -0.2) is 62.3 Å². The number of halogens is 3. The lowest BCUT2D eigenvalue weighted by Crippen LogP contribution is -2.54. The van der Waals surface area contributed by atoms with E-state index in [1.165, 1.54) is 4.31 Å². The summed E-state index contributed by atoms with van der Waals surface area (Å²) in [6.45, 7) is 1.28. The molecule has 0 radical (unpaired) electrons. The Morgan fingerprint density at radius 2 is 1.74 bits per heavy atom. The number of nitrogens with two attached hydrogens (primary N) is 1. The lowest BCUT2D eigenvalue weighted by atomic mass is 9.73. The third-order valence-corrected chi connectivity index (χ3v) is 11.8. The van der Waals surface area contributed by atoms with Crippen molar-refractivity contribution in [1.82, 2.24) is 14.9 Å². The van der Waals surface area contributed by atoms with Gasteiger partial charge in [-0.15, -0.1) is 0 Å². The minimum atomic E-state index is -3.72. The number of nitrogens with zero attached hydrogens (tertiary/aromatic N) is 1. The van der Waals surface area contributed by atoms with Crippen molar-refractivity contribution < 1.29 is 22.0 Å². The number of amides is 1. The third kappa shape index (κ3) is 7.76. The van der Waals surface area contributed by atoms with E-state index in [9.17, 15) is 22.0 Å². The summed E-state index contributed by atoms with van der Waals surface area (Å²) in [4.78, 5) is 13.8. The Morgan fingerprint density at radius 1 is 1.05 bits per heavy atom. The first kappa shape index (κ1) is 32.3. The van der Waals surface area contributed by atoms with Gasteiger partial charge in [0.1, 0.15) is 0 Å². The van der Waals surface area contributed by atoms with Gasteiger partial charge in [0, 0.05) is 55.5 Å². The van der Waals surface area contributed by atoms with Crippen LogP contribution >= 0.6 is 11.6 Å². The number of alkyl halides is 2. The van der Waals surface area contributed by atoms with Gasteiger partial charge in [-0.1, -0.05) is 61.2 Å². The van der Waals surface area contributed by atoms with Gasteiger partial charge >= 0.3 is 0 Å². The standard InChI is InChI=1S/C32H43ClF2N4O3S/c33-25-14-11-23(12-15-25)29(22-7-3-1-4-8-22)30(36)31(40)38-28-20-32(34,35)19-24(28)13-16-26-21-37-17-18-39(26)43(41,42)27-9-5-2-6-10-27/h2,5-6,9-12,14-15,22,24,26,28-30,37H,1,3-4,7-8,13,16-21,36H2,(H,38,40)/t24?,26-,28?,29-,30-/m0/s1. The molecular weight excluding hydrogens is 594 g/mol. The highest BCUT2D eigenvalue weighted by Crippen LogP contribution is 2.43. The van der Waals surface area contributed by atoms with Crippen molar-refractivity contribution in [3.63, 3.8) is 0 Å². The molecule has 1 saturated heterocycles. The summed E-state index contributed by atoms with van der Waals surface area (Å²) in [7, 11) is -3.72. The zero-order valence-corrected chi connectivity index (χ0v) is 26.0. The SMILES string of the molecule is N[C@H](C(=O)NC1CC(F)(F)CC1CC[C@H]1CNCCN1S(=O)(=O)c1ccccc1)[C@H](c1ccc(Cl)cc1)C1CCCCC1. The molecule has 1 heterocycles. The summed E-state index contributed by atoms with van der Waals surface area (Å²) in [6, 6.07) is 13.7. The van der Waals surface area contributed by atoms with E-state index in [0.29, 0.717) is 37.5 Å². The Hall–Kier alpha value is -2.11. The van der Waals surface area contributed by atoms with Gasteiger partial charge in [-0.25, -0.2) is 17.2 Å². The van der Waals surface area contributed by atoms with E-state index in [2.05, 4.69) is 10.6 Å². The molecule has 3 aliphatic rings. The highest BCUT2D eigenvalue weighted by Gasteiger charge is 2.48. The number of sulfonamides is 1. The first-order valence-electron chi connectivity index (χ1n) is 15.5. The Bertz CT molecular complexity index is 1330. The van der Waals surface area contributed by atoms with Crippen molar-refractivity contribution in [1.29, 1.82) is 0 Å². The molecule has 2 aromatic carbocycles. The van der Waals surface area contributed by atoms with E-state index in [0.717, 1.165) is 37.7 Å². The van der Waals surface area contributed by atoms with Crippen LogP contribution in [0.2, 0.25) is 5.02 Å². The molecule has 2 aliphatic carbocycles. The highest BCUT2D eigenvalue weighted by molar-refractivity contribution is 7.89. The molecule has 7 nitrogen and oxygen atoms in total. The zero-order chi connectivity index (χ0) is 30.6. The van der Waals surface area contributed by atoms with E-state index in [-0.39, 0.29) is 29.2 Å². The fourth-order valence-electron chi connectivity index (χ4n) is 7.40. The van der Waals surface area contributed by atoms with Crippen LogP contribution < -0.4 is 16.4 Å². The van der Waals surface area contributed by atoms with Crippen molar-refractivity contribution in [2.45, 2.75) is 92.6 Å². The Morgan fingerprint density at radius 3 is 2.44 bits per heavy atom. The van der Waals surface area contributed by atoms with Crippen LogP contribution in [0, 0.1) is 11.8 Å². The Labute approximate surface area is 259 Å². The lowest BCUT2D eigenvalue weighted by Gasteiger charge is -2.36. The van der Waals surface area contributed by atoms with Crippen molar-refractivity contribution in [2.24, 2.45) is 17.6 Å². The molecular formula is C32H43ClF2N4O3S. The predicted octanol–water partition coefficient (Wildman–Crippen LogP) is 5.30. The van der Waals surface area contributed by atoms with Crippen LogP contribution in [0.3, 0.4) is 0 Å². The molecule has 0 bridgehead atoms. The lowest BCUT2D eigenvalue weighted by molar-refractivity contribution is -0.124. The van der Waals surface area contributed by atoms with E-state index < -0.39 is 46.3 Å². The van der Waals surface area contributed by atoms with E-state index in [1.807, 2.05) is 12.1 Å². The van der Waals surface area contributed by atoms with E-state index in [1.54, 1.807) is 42.5 Å². The summed E-state index contributed by atoms with van der Waals surface area (Å²) >= 11 is 6.13. The van der Waals surface area contributed by atoms with Crippen molar-refractivity contribution in [3.8, 4) is 0 Å². The quantitative estimate of drug-likeness (QED) is 0.328. The van der Waals surface area contributed by atoms with Gasteiger partial charge in [0.2, 0.25) is 15.9 Å².